The first-order chi connectivity index (χ1) is 12.5. The van der Waals surface area contributed by atoms with Crippen LogP contribution in [0.25, 0.3) is 0 Å². The van der Waals surface area contributed by atoms with Crippen LogP contribution in [0.5, 0.6) is 0 Å². The monoisotopic (exact) mass is 491 g/mol. The second-order valence-corrected chi connectivity index (χ2v) is 7.54. The summed E-state index contributed by atoms with van der Waals surface area (Å²) in [6.45, 7) is 5.30. The fourth-order valence-electron chi connectivity index (χ4n) is 3.60. The van der Waals surface area contributed by atoms with E-state index < -0.39 is 0 Å². The van der Waals surface area contributed by atoms with Gasteiger partial charge in [-0.3, -0.25) is 4.99 Å². The highest BCUT2D eigenvalue weighted by Crippen LogP contribution is 2.48. The molecule has 1 aliphatic carbocycles. The van der Waals surface area contributed by atoms with E-state index in [2.05, 4.69) is 22.1 Å². The lowest BCUT2D eigenvalue weighted by molar-refractivity contribution is -0.0605. The van der Waals surface area contributed by atoms with Crippen molar-refractivity contribution in [3.05, 3.63) is 35.6 Å². The van der Waals surface area contributed by atoms with Gasteiger partial charge in [0.1, 0.15) is 11.9 Å². The third-order valence-corrected chi connectivity index (χ3v) is 5.43. The third-order valence-electron chi connectivity index (χ3n) is 5.43. The molecule has 1 heterocycles. The molecule has 5 nitrogen and oxygen atoms in total. The van der Waals surface area contributed by atoms with Gasteiger partial charge in [0.15, 0.2) is 5.96 Å². The van der Waals surface area contributed by atoms with Crippen molar-refractivity contribution in [2.75, 3.05) is 40.4 Å². The Kier molecular flexibility index (Phi) is 8.30. The van der Waals surface area contributed by atoms with Gasteiger partial charge < -0.3 is 19.7 Å². The number of hydrogen-bond donors (Lipinski definition) is 1. The SMILES string of the molecule is CN=C(NCC1(CCOC)CC1)N1CC(C)OC(c2ccc(F)cc2)C1.I. The Labute approximate surface area is 178 Å². The first kappa shape index (κ1) is 22.4. The van der Waals surface area contributed by atoms with Crippen molar-refractivity contribution in [3.63, 3.8) is 0 Å². The summed E-state index contributed by atoms with van der Waals surface area (Å²) in [5.41, 5.74) is 1.36. The Morgan fingerprint density at radius 2 is 2.04 bits per heavy atom. The molecule has 2 unspecified atom stereocenters. The van der Waals surface area contributed by atoms with Crippen LogP contribution >= 0.6 is 24.0 Å². The minimum absolute atomic E-state index is 0. The van der Waals surface area contributed by atoms with Crippen molar-refractivity contribution in [3.8, 4) is 0 Å². The van der Waals surface area contributed by atoms with Gasteiger partial charge in [-0.05, 0) is 49.3 Å². The van der Waals surface area contributed by atoms with Crippen molar-refractivity contribution >= 4 is 29.9 Å². The number of nitrogens with zero attached hydrogens (tertiary/aromatic N) is 2. The number of nitrogens with one attached hydrogen (secondary N) is 1. The molecule has 0 radical (unpaired) electrons. The summed E-state index contributed by atoms with van der Waals surface area (Å²) in [6.07, 6.45) is 3.59. The van der Waals surface area contributed by atoms with Crippen LogP contribution in [0.15, 0.2) is 29.3 Å². The zero-order chi connectivity index (χ0) is 18.6. The zero-order valence-electron chi connectivity index (χ0n) is 16.4. The average molecular weight is 491 g/mol. The van der Waals surface area contributed by atoms with Gasteiger partial charge in [0.05, 0.1) is 12.6 Å². The predicted molar refractivity (Wildman–Crippen MR) is 116 cm³/mol. The molecule has 0 spiro atoms. The second kappa shape index (κ2) is 10.0. The van der Waals surface area contributed by atoms with Crippen LogP contribution in [-0.2, 0) is 9.47 Å². The average Bonchev–Trinajstić information content (AvgIpc) is 3.41. The molecule has 0 amide bonds. The highest BCUT2D eigenvalue weighted by molar-refractivity contribution is 14.0. The van der Waals surface area contributed by atoms with Crippen LogP contribution in [0.3, 0.4) is 0 Å². The van der Waals surface area contributed by atoms with Crippen LogP contribution in [0, 0.1) is 11.2 Å². The number of benzene rings is 1. The number of methoxy groups -OCH3 is 1. The Hall–Kier alpha value is -0.930. The highest BCUT2D eigenvalue weighted by Gasteiger charge is 2.42. The third kappa shape index (κ3) is 6.02. The first-order valence-corrected chi connectivity index (χ1v) is 9.41. The van der Waals surface area contributed by atoms with Crippen molar-refractivity contribution in [1.29, 1.82) is 0 Å². The summed E-state index contributed by atoms with van der Waals surface area (Å²) < 4.78 is 24.5. The lowest BCUT2D eigenvalue weighted by Gasteiger charge is -2.39. The molecule has 1 aromatic rings. The molecule has 3 rings (SSSR count). The van der Waals surface area contributed by atoms with Crippen molar-refractivity contribution in [2.24, 2.45) is 10.4 Å². The first-order valence-electron chi connectivity index (χ1n) is 9.41. The highest BCUT2D eigenvalue weighted by atomic mass is 127. The van der Waals surface area contributed by atoms with Crippen molar-refractivity contribution < 1.29 is 13.9 Å². The zero-order valence-corrected chi connectivity index (χ0v) is 18.7. The molecule has 7 heteroatoms. The minimum atomic E-state index is -0.224. The Bertz CT molecular complexity index is 622. The lowest BCUT2D eigenvalue weighted by Crippen LogP contribution is -2.51. The van der Waals surface area contributed by atoms with E-state index in [1.165, 1.54) is 25.0 Å². The number of guanidine groups is 1. The van der Waals surface area contributed by atoms with Gasteiger partial charge in [0, 0.05) is 33.9 Å². The predicted octanol–water partition coefficient (Wildman–Crippen LogP) is 3.60. The topological polar surface area (TPSA) is 46.1 Å². The standard InChI is InChI=1S/C20H30FN3O2.HI/c1-15-12-24(13-18(26-15)16-4-6-17(21)7-5-16)19(22-2)23-14-20(8-9-20)10-11-25-3;/h4-7,15,18H,8-14H2,1-3H3,(H,22,23);1H. The largest absolute Gasteiger partial charge is 0.385 e. The molecule has 0 aromatic heterocycles. The molecule has 1 N–H and O–H groups in total. The van der Waals surface area contributed by atoms with E-state index in [1.807, 2.05) is 7.05 Å². The van der Waals surface area contributed by atoms with Crippen LogP contribution in [0.2, 0.25) is 0 Å². The summed E-state index contributed by atoms with van der Waals surface area (Å²) in [5, 5.41) is 3.56. The van der Waals surface area contributed by atoms with E-state index in [-0.39, 0.29) is 42.0 Å². The molecule has 1 saturated carbocycles. The maximum atomic E-state index is 13.2. The molecule has 1 aliphatic heterocycles. The smallest absolute Gasteiger partial charge is 0.193 e. The maximum Gasteiger partial charge on any atom is 0.193 e. The second-order valence-electron chi connectivity index (χ2n) is 7.54. The molecule has 1 saturated heterocycles. The van der Waals surface area contributed by atoms with Gasteiger partial charge in [0.2, 0.25) is 0 Å². The lowest BCUT2D eigenvalue weighted by atomic mass is 10.0. The fraction of sp³-hybridized carbons (Fsp3) is 0.650. The maximum absolute atomic E-state index is 13.2. The summed E-state index contributed by atoms with van der Waals surface area (Å²) in [4.78, 5) is 6.73. The van der Waals surface area contributed by atoms with Gasteiger partial charge in [0.25, 0.3) is 0 Å². The van der Waals surface area contributed by atoms with Crippen molar-refractivity contribution in [2.45, 2.75) is 38.4 Å². The summed E-state index contributed by atoms with van der Waals surface area (Å²) in [7, 11) is 3.58. The number of hydrogen-bond acceptors (Lipinski definition) is 3. The van der Waals surface area contributed by atoms with Gasteiger partial charge >= 0.3 is 0 Å². The van der Waals surface area contributed by atoms with E-state index in [1.54, 1.807) is 19.2 Å². The van der Waals surface area contributed by atoms with E-state index >= 15 is 0 Å². The van der Waals surface area contributed by atoms with E-state index in [4.69, 9.17) is 9.47 Å². The molecule has 2 fully saturated rings. The molecule has 0 bridgehead atoms. The minimum Gasteiger partial charge on any atom is -0.385 e. The van der Waals surface area contributed by atoms with Gasteiger partial charge in [-0.15, -0.1) is 24.0 Å². The van der Waals surface area contributed by atoms with Gasteiger partial charge in [-0.25, -0.2) is 4.39 Å². The molecule has 27 heavy (non-hydrogen) atoms. The van der Waals surface area contributed by atoms with E-state index in [0.29, 0.717) is 12.0 Å². The number of ether oxygens (including phenoxy) is 2. The summed E-state index contributed by atoms with van der Waals surface area (Å²) >= 11 is 0. The number of halogens is 2. The van der Waals surface area contributed by atoms with Gasteiger partial charge in [-0.1, -0.05) is 12.1 Å². The normalized spacial score (nSPS) is 24.3. The van der Waals surface area contributed by atoms with Crippen LogP contribution < -0.4 is 5.32 Å². The Balaban J connectivity index is 0.00000261. The van der Waals surface area contributed by atoms with Crippen LogP contribution in [0.1, 0.15) is 37.9 Å². The summed E-state index contributed by atoms with van der Waals surface area (Å²) in [6, 6.07) is 6.58. The molecule has 2 atom stereocenters. The summed E-state index contributed by atoms with van der Waals surface area (Å²) in [5.74, 6) is 0.689. The molecular weight excluding hydrogens is 460 g/mol. The van der Waals surface area contributed by atoms with Crippen molar-refractivity contribution in [1.82, 2.24) is 10.2 Å². The van der Waals surface area contributed by atoms with Crippen LogP contribution in [-0.4, -0.2) is 57.4 Å². The van der Waals surface area contributed by atoms with E-state index in [0.717, 1.165) is 37.6 Å². The number of rotatable bonds is 6. The van der Waals surface area contributed by atoms with Gasteiger partial charge in [-0.2, -0.15) is 0 Å². The molecular formula is C20H31FIN3O2. The fourth-order valence-corrected chi connectivity index (χ4v) is 3.60. The quantitative estimate of drug-likeness (QED) is 0.376. The van der Waals surface area contributed by atoms with Crippen LogP contribution in [0.4, 0.5) is 4.39 Å². The van der Waals surface area contributed by atoms with E-state index in [9.17, 15) is 4.39 Å². The molecule has 2 aliphatic rings. The molecule has 1 aromatic carbocycles. The Morgan fingerprint density at radius 1 is 1.33 bits per heavy atom. The number of aliphatic imine (C=N–C) groups is 1. The Morgan fingerprint density at radius 3 is 2.63 bits per heavy atom. The molecule has 152 valence electrons. The number of morpholine rings is 1.